The molecule has 3 atom stereocenters. The predicted octanol–water partition coefficient (Wildman–Crippen LogP) is 2.41. The summed E-state index contributed by atoms with van der Waals surface area (Å²) in [6.45, 7) is 1.53. The molecule has 0 aliphatic carbocycles. The van der Waals surface area contributed by atoms with Crippen molar-refractivity contribution in [3.05, 3.63) is 68.1 Å². The van der Waals surface area contributed by atoms with E-state index in [2.05, 4.69) is 5.32 Å². The van der Waals surface area contributed by atoms with Crippen molar-refractivity contribution < 1.29 is 38.2 Å². The van der Waals surface area contributed by atoms with Crippen LogP contribution in [0.15, 0.2) is 52.3 Å². The van der Waals surface area contributed by atoms with Crippen molar-refractivity contribution in [3.63, 3.8) is 0 Å². The predicted molar refractivity (Wildman–Crippen MR) is 156 cm³/mol. The lowest BCUT2D eigenvalue weighted by Gasteiger charge is -2.31. The van der Waals surface area contributed by atoms with E-state index in [0.717, 1.165) is 23.1 Å². The first-order chi connectivity index (χ1) is 20.6. The van der Waals surface area contributed by atoms with Gasteiger partial charge >= 0.3 is 16.9 Å². The molecule has 0 bridgehead atoms. The number of hydrogen-bond acceptors (Lipinski definition) is 11. The summed E-state index contributed by atoms with van der Waals surface area (Å²) in [6.07, 6.45) is 0. The molecule has 1 fully saturated rings. The Morgan fingerprint density at radius 3 is 2.30 bits per heavy atom. The number of carbonyl (C=O) groups excluding carboxylic acids is 5. The fourth-order valence-corrected chi connectivity index (χ4v) is 7.90. The number of anilines is 1. The fraction of sp³-hybridized carbons (Fsp3) is 0.286. The fourth-order valence-electron chi connectivity index (χ4n) is 5.13. The Kier molecular flexibility index (Phi) is 8.28. The Balaban J connectivity index is 1.50. The van der Waals surface area contributed by atoms with E-state index in [1.54, 1.807) is 25.1 Å². The van der Waals surface area contributed by atoms with Crippen LogP contribution in [0.2, 0.25) is 0 Å². The first kappa shape index (κ1) is 29.8. The number of aromatic nitrogens is 1. The maximum Gasteiger partial charge on any atom is 0.338 e. The number of nitrogens with one attached hydrogen (secondary N) is 1. The third-order valence-corrected chi connectivity index (χ3v) is 9.62. The Morgan fingerprint density at radius 1 is 0.977 bits per heavy atom. The molecule has 2 unspecified atom stereocenters. The van der Waals surface area contributed by atoms with Crippen LogP contribution in [0.25, 0.3) is 0 Å². The first-order valence-corrected chi connectivity index (χ1v) is 14.7. The quantitative estimate of drug-likeness (QED) is 0.279. The highest BCUT2D eigenvalue weighted by Gasteiger charge is 2.58. The lowest BCUT2D eigenvalue weighted by Crippen LogP contribution is -2.41. The highest BCUT2D eigenvalue weighted by Crippen LogP contribution is 2.54. The van der Waals surface area contributed by atoms with E-state index in [-0.39, 0.29) is 6.61 Å². The first-order valence-electron chi connectivity index (χ1n) is 13.0. The van der Waals surface area contributed by atoms with Crippen molar-refractivity contribution >= 4 is 58.5 Å². The molecule has 1 aromatic heterocycles. The number of thioether (sulfide) groups is 1. The molecular weight excluding hydrogens is 600 g/mol. The summed E-state index contributed by atoms with van der Waals surface area (Å²) in [5.74, 6) is -3.65. The number of methoxy groups -OCH3 is 2. The molecule has 0 radical (unpaired) electrons. The summed E-state index contributed by atoms with van der Waals surface area (Å²) in [5, 5.41) is 1.96. The van der Waals surface area contributed by atoms with Crippen LogP contribution in [0.1, 0.15) is 33.6 Å². The number of carbonyl (C=O) groups is 5. The minimum atomic E-state index is -1.19. The molecule has 2 aromatic carbocycles. The number of nitrogens with two attached hydrogens (primary N) is 1. The van der Waals surface area contributed by atoms with Gasteiger partial charge in [0, 0.05) is 16.5 Å². The smallest absolute Gasteiger partial charge is 0.338 e. The van der Waals surface area contributed by atoms with Gasteiger partial charge in [0.05, 0.1) is 37.3 Å². The maximum absolute atomic E-state index is 13.4. The topological polar surface area (TPSA) is 176 Å². The number of esters is 1. The van der Waals surface area contributed by atoms with Gasteiger partial charge in [-0.25, -0.2) is 9.59 Å². The third-order valence-electron chi connectivity index (χ3n) is 7.02. The second-order valence-corrected chi connectivity index (χ2v) is 11.6. The van der Waals surface area contributed by atoms with Gasteiger partial charge in [0.1, 0.15) is 11.8 Å². The SMILES string of the molecule is CCOC(=O)c1ccc(NC(=O)Cn2c3c(sc2=O)[C@@H](c2ccc(OC)c(OC)c2)C2C(=O)N(C(N)=O)C(=O)C2S3)cc1. The lowest BCUT2D eigenvalue weighted by molar-refractivity contribution is -0.135. The monoisotopic (exact) mass is 626 g/mol. The molecule has 5 amide bonds. The molecule has 3 N–H and O–H groups in total. The maximum atomic E-state index is 13.4. The van der Waals surface area contributed by atoms with E-state index in [9.17, 15) is 28.8 Å². The van der Waals surface area contributed by atoms with E-state index in [1.807, 2.05) is 0 Å². The Hall–Kier alpha value is -4.63. The Labute approximate surface area is 252 Å². The van der Waals surface area contributed by atoms with Crippen LogP contribution in [0.5, 0.6) is 11.5 Å². The minimum Gasteiger partial charge on any atom is -0.493 e. The number of primary amides is 1. The van der Waals surface area contributed by atoms with E-state index in [1.165, 1.54) is 43.1 Å². The van der Waals surface area contributed by atoms with Gasteiger partial charge in [0.15, 0.2) is 11.5 Å². The molecular formula is C28H26N4O9S2. The molecule has 224 valence electrons. The number of nitrogens with zero attached hydrogens (tertiary/aromatic N) is 2. The molecule has 13 nitrogen and oxygen atoms in total. The van der Waals surface area contributed by atoms with Crippen LogP contribution in [0, 0.1) is 5.92 Å². The van der Waals surface area contributed by atoms with Gasteiger partial charge < -0.3 is 25.3 Å². The molecule has 43 heavy (non-hydrogen) atoms. The van der Waals surface area contributed by atoms with Crippen molar-refractivity contribution in [1.82, 2.24) is 9.47 Å². The highest BCUT2D eigenvalue weighted by molar-refractivity contribution is 8.00. The second kappa shape index (κ2) is 11.9. The van der Waals surface area contributed by atoms with Crippen LogP contribution < -0.4 is 25.4 Å². The zero-order valence-electron chi connectivity index (χ0n) is 23.2. The van der Waals surface area contributed by atoms with Gasteiger partial charge in [0.25, 0.3) is 5.91 Å². The van der Waals surface area contributed by atoms with Crippen LogP contribution >= 0.6 is 23.1 Å². The van der Waals surface area contributed by atoms with E-state index in [4.69, 9.17) is 19.9 Å². The van der Waals surface area contributed by atoms with Gasteiger partial charge in [-0.05, 0) is 48.9 Å². The Morgan fingerprint density at radius 2 is 1.67 bits per heavy atom. The molecule has 3 heterocycles. The number of rotatable bonds is 8. The summed E-state index contributed by atoms with van der Waals surface area (Å²) in [7, 11) is 2.92. The van der Waals surface area contributed by atoms with Crippen molar-refractivity contribution in [2.45, 2.75) is 29.7 Å². The van der Waals surface area contributed by atoms with Crippen molar-refractivity contribution in [2.75, 3.05) is 26.1 Å². The number of fused-ring (bicyclic) bond motifs is 2. The van der Waals surface area contributed by atoms with E-state index in [0.29, 0.717) is 43.1 Å². The highest BCUT2D eigenvalue weighted by atomic mass is 32.2. The minimum absolute atomic E-state index is 0.226. The number of thiazole rings is 1. The summed E-state index contributed by atoms with van der Waals surface area (Å²) >= 11 is 1.80. The van der Waals surface area contributed by atoms with Crippen LogP contribution in [-0.2, 0) is 25.7 Å². The van der Waals surface area contributed by atoms with Crippen molar-refractivity contribution in [3.8, 4) is 11.5 Å². The van der Waals surface area contributed by atoms with Gasteiger partial charge in [-0.2, -0.15) is 4.90 Å². The summed E-state index contributed by atoms with van der Waals surface area (Å²) in [5.41, 5.74) is 6.63. The molecule has 5 rings (SSSR count). The molecule has 1 saturated heterocycles. The molecule has 2 aliphatic heterocycles. The molecule has 15 heteroatoms. The van der Waals surface area contributed by atoms with Gasteiger partial charge in [0.2, 0.25) is 11.8 Å². The number of likely N-dealkylation sites (tertiary alicyclic amines) is 1. The average molecular weight is 627 g/mol. The number of urea groups is 1. The normalized spacial score (nSPS) is 19.0. The largest absolute Gasteiger partial charge is 0.493 e. The molecule has 3 aromatic rings. The van der Waals surface area contributed by atoms with E-state index >= 15 is 0 Å². The molecule has 0 spiro atoms. The summed E-state index contributed by atoms with van der Waals surface area (Å²) in [4.78, 5) is 77.3. The third kappa shape index (κ3) is 5.36. The van der Waals surface area contributed by atoms with Gasteiger partial charge in [-0.1, -0.05) is 29.2 Å². The van der Waals surface area contributed by atoms with Crippen LogP contribution in [-0.4, -0.2) is 65.3 Å². The van der Waals surface area contributed by atoms with Crippen molar-refractivity contribution in [2.24, 2.45) is 11.7 Å². The molecule has 0 saturated carbocycles. The number of hydrogen-bond donors (Lipinski definition) is 2. The number of amides is 5. The second-order valence-electron chi connectivity index (χ2n) is 9.48. The van der Waals surface area contributed by atoms with Crippen LogP contribution in [0.3, 0.4) is 0 Å². The zero-order valence-corrected chi connectivity index (χ0v) is 24.8. The summed E-state index contributed by atoms with van der Waals surface area (Å²) in [6, 6.07) is 9.85. The summed E-state index contributed by atoms with van der Waals surface area (Å²) < 4.78 is 17.0. The lowest BCUT2D eigenvalue weighted by atomic mass is 9.83. The number of benzene rings is 2. The standard InChI is InChI=1S/C28H26N4O9S2/c1-4-41-26(36)13-5-8-15(9-6-13)30-18(33)12-31-25-22(43-28(31)38)19(14-7-10-16(39-2)17(11-14)40-3)20-21(42-25)24(35)32(23(20)34)27(29)37/h5-11,19-21H,4,12H2,1-3H3,(H2,29,37)(H,30,33)/t19-,20?,21?/m0/s1. The molecule has 2 aliphatic rings. The van der Waals surface area contributed by atoms with Gasteiger partial charge in [-0.3, -0.25) is 23.7 Å². The van der Waals surface area contributed by atoms with Crippen molar-refractivity contribution in [1.29, 1.82) is 0 Å². The average Bonchev–Trinajstić information content (AvgIpc) is 3.43. The number of imide groups is 3. The van der Waals surface area contributed by atoms with Crippen LogP contribution in [0.4, 0.5) is 10.5 Å². The zero-order chi connectivity index (χ0) is 31.0. The Bertz CT molecular complexity index is 1700. The number of ether oxygens (including phenoxy) is 3. The van der Waals surface area contributed by atoms with Gasteiger partial charge in [-0.15, -0.1) is 0 Å². The van der Waals surface area contributed by atoms with E-state index < -0.39 is 58.2 Å².